The van der Waals surface area contributed by atoms with Crippen molar-refractivity contribution in [1.82, 2.24) is 5.32 Å². The predicted octanol–water partition coefficient (Wildman–Crippen LogP) is 2.66. The monoisotopic (exact) mass is 347 g/mol. The topological polar surface area (TPSA) is 47.6 Å². The maximum Gasteiger partial charge on any atom is 0.263 e. The molecule has 1 aromatic rings. The van der Waals surface area contributed by atoms with Gasteiger partial charge in [0.2, 0.25) is 0 Å². The van der Waals surface area contributed by atoms with Crippen LogP contribution in [0.15, 0.2) is 22.7 Å². The van der Waals surface area contributed by atoms with Crippen LogP contribution in [0, 0.1) is 0 Å². The Labute approximate surface area is 127 Å². The van der Waals surface area contributed by atoms with E-state index in [1.807, 2.05) is 6.07 Å². The zero-order valence-electron chi connectivity index (χ0n) is 11.2. The first kappa shape index (κ1) is 16.2. The molecule has 0 bridgehead atoms. The van der Waals surface area contributed by atoms with Crippen molar-refractivity contribution in [3.05, 3.63) is 22.7 Å². The normalized spacial score (nSPS) is 11.0. The predicted molar refractivity (Wildman–Crippen MR) is 82.3 cm³/mol. The highest BCUT2D eigenvalue weighted by molar-refractivity contribution is 9.10. The number of rotatable bonds is 6. The summed E-state index contributed by atoms with van der Waals surface area (Å²) in [5.74, 6) is 1.65. The van der Waals surface area contributed by atoms with Gasteiger partial charge in [0.05, 0.1) is 11.6 Å². The Hall–Kier alpha value is -0.880. The fourth-order valence-corrected chi connectivity index (χ4v) is 1.95. The molecule has 0 saturated carbocycles. The van der Waals surface area contributed by atoms with Crippen molar-refractivity contribution in [3.8, 4) is 11.5 Å². The number of hydrogen-bond acceptors (Lipinski definition) is 4. The van der Waals surface area contributed by atoms with Crippen molar-refractivity contribution in [3.63, 3.8) is 0 Å². The molecule has 0 aliphatic heterocycles. The number of thiol groups is 1. The quantitative estimate of drug-likeness (QED) is 0.777. The molecule has 6 heteroatoms. The molecule has 0 spiro atoms. The molecule has 0 aliphatic carbocycles. The molecule has 1 amide bonds. The van der Waals surface area contributed by atoms with Gasteiger partial charge in [-0.15, -0.1) is 0 Å². The lowest BCUT2D eigenvalue weighted by Crippen LogP contribution is -2.47. The summed E-state index contributed by atoms with van der Waals surface area (Å²) in [6.45, 7) is 3.95. The molecule has 0 saturated heterocycles. The van der Waals surface area contributed by atoms with E-state index in [9.17, 15) is 4.79 Å². The summed E-state index contributed by atoms with van der Waals surface area (Å²) >= 11 is 7.42. The van der Waals surface area contributed by atoms with Crippen molar-refractivity contribution in [2.24, 2.45) is 0 Å². The molecule has 1 rings (SSSR count). The fraction of sp³-hybridized carbons (Fsp3) is 0.462. The second-order valence-electron chi connectivity index (χ2n) is 4.39. The van der Waals surface area contributed by atoms with Crippen LogP contribution in [0.25, 0.3) is 0 Å². The van der Waals surface area contributed by atoms with Gasteiger partial charge in [0.25, 0.3) is 5.91 Å². The second-order valence-corrected chi connectivity index (χ2v) is 5.69. The van der Waals surface area contributed by atoms with Gasteiger partial charge >= 0.3 is 0 Å². The van der Waals surface area contributed by atoms with Crippen LogP contribution < -0.4 is 14.8 Å². The summed E-state index contributed by atoms with van der Waals surface area (Å²) in [4.78, 5) is 11.9. The van der Waals surface area contributed by atoms with Gasteiger partial charge in [0, 0.05) is 18.4 Å². The van der Waals surface area contributed by atoms with Crippen LogP contribution >= 0.6 is 28.6 Å². The highest BCUT2D eigenvalue weighted by atomic mass is 79.9. The van der Waals surface area contributed by atoms with Gasteiger partial charge in [0.15, 0.2) is 5.60 Å². The van der Waals surface area contributed by atoms with E-state index in [0.29, 0.717) is 23.8 Å². The molecule has 106 valence electrons. The number of methoxy groups -OCH3 is 1. The van der Waals surface area contributed by atoms with E-state index < -0.39 is 5.60 Å². The van der Waals surface area contributed by atoms with Gasteiger partial charge in [-0.3, -0.25) is 4.79 Å². The van der Waals surface area contributed by atoms with E-state index in [1.54, 1.807) is 33.1 Å². The summed E-state index contributed by atoms with van der Waals surface area (Å²) in [7, 11) is 1.58. The average Bonchev–Trinajstić information content (AvgIpc) is 2.37. The third-order valence-corrected chi connectivity index (χ3v) is 3.32. The zero-order chi connectivity index (χ0) is 14.5. The van der Waals surface area contributed by atoms with E-state index in [0.717, 1.165) is 4.47 Å². The number of benzene rings is 1. The van der Waals surface area contributed by atoms with Crippen molar-refractivity contribution < 1.29 is 14.3 Å². The maximum absolute atomic E-state index is 11.9. The Balaban J connectivity index is 2.79. The highest BCUT2D eigenvalue weighted by Gasteiger charge is 2.29. The first-order valence-corrected chi connectivity index (χ1v) is 7.25. The molecule has 1 N–H and O–H groups in total. The summed E-state index contributed by atoms with van der Waals surface area (Å²) in [6, 6.07) is 5.33. The Morgan fingerprint density at radius 1 is 1.47 bits per heavy atom. The number of carbonyl (C=O) groups is 1. The second kappa shape index (κ2) is 7.05. The van der Waals surface area contributed by atoms with Gasteiger partial charge in [-0.05, 0) is 41.9 Å². The third kappa shape index (κ3) is 4.62. The molecule has 4 nitrogen and oxygen atoms in total. The summed E-state index contributed by atoms with van der Waals surface area (Å²) < 4.78 is 11.7. The van der Waals surface area contributed by atoms with Gasteiger partial charge in [-0.25, -0.2) is 0 Å². The third-order valence-electron chi connectivity index (χ3n) is 2.44. The number of hydrogen-bond donors (Lipinski definition) is 2. The Morgan fingerprint density at radius 3 is 2.74 bits per heavy atom. The molecule has 1 aromatic carbocycles. The molecule has 0 fully saturated rings. The van der Waals surface area contributed by atoms with Crippen LogP contribution in [0.1, 0.15) is 13.8 Å². The number of halogens is 1. The first-order valence-electron chi connectivity index (χ1n) is 5.82. The van der Waals surface area contributed by atoms with Gasteiger partial charge in [0.1, 0.15) is 11.5 Å². The fourth-order valence-electron chi connectivity index (χ4n) is 1.43. The number of amides is 1. The Kier molecular flexibility index (Phi) is 6.00. The zero-order valence-corrected chi connectivity index (χ0v) is 13.7. The molecule has 0 aliphatic rings. The largest absolute Gasteiger partial charge is 0.495 e. The minimum absolute atomic E-state index is 0.177. The van der Waals surface area contributed by atoms with Gasteiger partial charge in [-0.2, -0.15) is 12.6 Å². The van der Waals surface area contributed by atoms with Gasteiger partial charge in [-0.1, -0.05) is 0 Å². The summed E-state index contributed by atoms with van der Waals surface area (Å²) in [6.07, 6.45) is 0. The Morgan fingerprint density at radius 2 is 2.16 bits per heavy atom. The van der Waals surface area contributed by atoms with E-state index in [4.69, 9.17) is 9.47 Å². The van der Waals surface area contributed by atoms with Crippen LogP contribution in [-0.2, 0) is 4.79 Å². The number of ether oxygens (including phenoxy) is 2. The lowest BCUT2D eigenvalue weighted by molar-refractivity contribution is -0.134. The van der Waals surface area contributed by atoms with E-state index in [2.05, 4.69) is 33.9 Å². The van der Waals surface area contributed by atoms with E-state index in [-0.39, 0.29) is 5.91 Å². The summed E-state index contributed by atoms with van der Waals surface area (Å²) in [5, 5.41) is 2.75. The molecular formula is C13H18BrNO3S. The number of carbonyl (C=O) groups excluding carboxylic acids is 1. The molecule has 0 aromatic heterocycles. The average molecular weight is 348 g/mol. The standard InChI is InChI=1S/C13H18BrNO3S/c1-13(2,12(16)15-6-7-19)18-9-4-5-10(14)11(8-9)17-3/h4-5,8,19H,6-7H2,1-3H3,(H,15,16). The van der Waals surface area contributed by atoms with Crippen LogP contribution in [0.5, 0.6) is 11.5 Å². The minimum Gasteiger partial charge on any atom is -0.495 e. The van der Waals surface area contributed by atoms with Crippen LogP contribution in [0.2, 0.25) is 0 Å². The maximum atomic E-state index is 11.9. The van der Waals surface area contributed by atoms with Crippen LogP contribution in [0.3, 0.4) is 0 Å². The minimum atomic E-state index is -0.957. The molecule has 0 radical (unpaired) electrons. The molecule has 0 atom stereocenters. The summed E-state index contributed by atoms with van der Waals surface area (Å²) in [5.41, 5.74) is -0.957. The molecular weight excluding hydrogens is 330 g/mol. The smallest absolute Gasteiger partial charge is 0.263 e. The van der Waals surface area contributed by atoms with Gasteiger partial charge < -0.3 is 14.8 Å². The highest BCUT2D eigenvalue weighted by Crippen LogP contribution is 2.30. The van der Waals surface area contributed by atoms with E-state index in [1.165, 1.54) is 0 Å². The molecule has 0 unspecified atom stereocenters. The molecule has 0 heterocycles. The van der Waals surface area contributed by atoms with Crippen molar-refractivity contribution in [2.45, 2.75) is 19.4 Å². The van der Waals surface area contributed by atoms with Crippen molar-refractivity contribution in [2.75, 3.05) is 19.4 Å². The SMILES string of the molecule is COc1cc(OC(C)(C)C(=O)NCCS)ccc1Br. The Bertz CT molecular complexity index is 452. The van der Waals surface area contributed by atoms with Crippen LogP contribution in [0.4, 0.5) is 0 Å². The van der Waals surface area contributed by atoms with Crippen molar-refractivity contribution >= 4 is 34.5 Å². The van der Waals surface area contributed by atoms with E-state index >= 15 is 0 Å². The molecule has 19 heavy (non-hydrogen) atoms. The number of nitrogens with one attached hydrogen (secondary N) is 1. The lowest BCUT2D eigenvalue weighted by atomic mass is 10.1. The van der Waals surface area contributed by atoms with Crippen molar-refractivity contribution in [1.29, 1.82) is 0 Å². The first-order chi connectivity index (χ1) is 8.90. The lowest BCUT2D eigenvalue weighted by Gasteiger charge is -2.25. The van der Waals surface area contributed by atoms with Crippen LogP contribution in [-0.4, -0.2) is 30.9 Å².